The molecule has 0 atom stereocenters. The topological polar surface area (TPSA) is 81.9 Å². The summed E-state index contributed by atoms with van der Waals surface area (Å²) in [5, 5.41) is 13.3. The lowest BCUT2D eigenvalue weighted by Gasteiger charge is -2.08. The number of carbonyl (C=O) groups is 1. The normalized spacial score (nSPS) is 10.8. The first kappa shape index (κ1) is 17.3. The molecule has 0 bridgehead atoms. The highest BCUT2D eigenvalue weighted by atomic mass is 19.1. The largest absolute Gasteiger partial charge is 0.493 e. The summed E-state index contributed by atoms with van der Waals surface area (Å²) in [6, 6.07) is 11.5. The van der Waals surface area contributed by atoms with Gasteiger partial charge >= 0.3 is 0 Å². The van der Waals surface area contributed by atoms with Crippen LogP contribution in [0.4, 0.5) is 10.1 Å². The Morgan fingerprint density at radius 2 is 2.15 bits per heavy atom. The van der Waals surface area contributed by atoms with Crippen LogP contribution in [0.15, 0.2) is 54.9 Å². The second-order valence-corrected chi connectivity index (χ2v) is 5.21. The number of aromatic nitrogens is 4. The quantitative estimate of drug-likeness (QED) is 0.689. The van der Waals surface area contributed by atoms with Crippen molar-refractivity contribution in [2.45, 2.75) is 6.92 Å². The van der Waals surface area contributed by atoms with Crippen molar-refractivity contribution < 1.29 is 13.9 Å². The number of nitrogens with one attached hydrogen (secondary N) is 1. The Morgan fingerprint density at radius 1 is 1.31 bits per heavy atom. The van der Waals surface area contributed by atoms with Crippen LogP contribution in [-0.2, 0) is 4.79 Å². The minimum atomic E-state index is -0.557. The first-order valence-corrected chi connectivity index (χ1v) is 7.91. The van der Waals surface area contributed by atoms with Gasteiger partial charge in [0.1, 0.15) is 17.9 Å². The van der Waals surface area contributed by atoms with E-state index in [2.05, 4.69) is 20.8 Å². The Morgan fingerprint density at radius 3 is 2.92 bits per heavy atom. The minimum absolute atomic E-state index is 0.0331. The molecule has 0 spiro atoms. The summed E-state index contributed by atoms with van der Waals surface area (Å²) in [6.45, 7) is 2.40. The van der Waals surface area contributed by atoms with E-state index in [0.29, 0.717) is 18.0 Å². The van der Waals surface area contributed by atoms with Crippen molar-refractivity contribution in [2.24, 2.45) is 0 Å². The highest BCUT2D eigenvalue weighted by Crippen LogP contribution is 2.20. The van der Waals surface area contributed by atoms with Gasteiger partial charge in [-0.1, -0.05) is 18.2 Å². The third kappa shape index (κ3) is 4.10. The molecule has 0 saturated carbocycles. The van der Waals surface area contributed by atoms with Gasteiger partial charge in [0.25, 0.3) is 0 Å². The highest BCUT2D eigenvalue weighted by molar-refractivity contribution is 6.02. The molecule has 0 saturated heterocycles. The van der Waals surface area contributed by atoms with Crippen molar-refractivity contribution in [1.29, 1.82) is 0 Å². The molecule has 0 aliphatic heterocycles. The molecular formula is C18H16FN5O2. The highest BCUT2D eigenvalue weighted by Gasteiger charge is 2.08. The first-order valence-electron chi connectivity index (χ1n) is 7.91. The predicted octanol–water partition coefficient (Wildman–Crippen LogP) is 2.85. The average Bonchev–Trinajstić information content (AvgIpc) is 3.18. The van der Waals surface area contributed by atoms with Crippen molar-refractivity contribution in [1.82, 2.24) is 20.2 Å². The van der Waals surface area contributed by atoms with Gasteiger partial charge in [-0.3, -0.25) is 4.79 Å². The molecule has 0 aliphatic carbocycles. The van der Waals surface area contributed by atoms with Crippen molar-refractivity contribution in [2.75, 3.05) is 11.9 Å². The fourth-order valence-electron chi connectivity index (χ4n) is 2.28. The van der Waals surface area contributed by atoms with E-state index in [4.69, 9.17) is 4.74 Å². The van der Waals surface area contributed by atoms with Gasteiger partial charge in [-0.2, -0.15) is 0 Å². The minimum Gasteiger partial charge on any atom is -0.493 e. The van der Waals surface area contributed by atoms with Crippen LogP contribution in [0, 0.1) is 5.82 Å². The van der Waals surface area contributed by atoms with Gasteiger partial charge < -0.3 is 10.1 Å². The lowest BCUT2D eigenvalue weighted by molar-refractivity contribution is -0.111. The fourth-order valence-corrected chi connectivity index (χ4v) is 2.28. The molecule has 0 aliphatic rings. The molecule has 1 N–H and O–H groups in total. The predicted molar refractivity (Wildman–Crippen MR) is 94.4 cm³/mol. The number of rotatable bonds is 6. The van der Waals surface area contributed by atoms with Crippen molar-refractivity contribution in [3.63, 3.8) is 0 Å². The maximum absolute atomic E-state index is 14.0. The van der Waals surface area contributed by atoms with E-state index in [0.717, 1.165) is 5.56 Å². The number of carbonyl (C=O) groups excluding carboxylic acids is 1. The Kier molecular flexibility index (Phi) is 5.33. The summed E-state index contributed by atoms with van der Waals surface area (Å²) in [6.07, 6.45) is 4.31. The smallest absolute Gasteiger partial charge is 0.248 e. The van der Waals surface area contributed by atoms with Gasteiger partial charge in [-0.05, 0) is 47.7 Å². The number of anilines is 1. The number of para-hydroxylation sites is 1. The molecule has 7 nitrogen and oxygen atoms in total. The van der Waals surface area contributed by atoms with E-state index in [1.54, 1.807) is 6.08 Å². The standard InChI is InChI=1S/C18H16FN5O2/c1-2-26-17-6-4-3-5-13(17)7-10-18(25)21-16-11-14(8-9-15(16)19)24-12-20-22-23-24/h3-12H,2H2,1H3,(H,21,25). The van der Waals surface area contributed by atoms with Crippen LogP contribution >= 0.6 is 0 Å². The molecule has 1 amide bonds. The summed E-state index contributed by atoms with van der Waals surface area (Å²) in [5.74, 6) is -0.353. The van der Waals surface area contributed by atoms with E-state index in [1.165, 1.54) is 35.3 Å². The first-order chi connectivity index (χ1) is 12.7. The van der Waals surface area contributed by atoms with E-state index >= 15 is 0 Å². The number of benzene rings is 2. The van der Waals surface area contributed by atoms with E-state index in [-0.39, 0.29) is 5.69 Å². The molecule has 26 heavy (non-hydrogen) atoms. The Hall–Kier alpha value is -3.55. The third-order valence-corrected chi connectivity index (χ3v) is 3.45. The molecule has 132 valence electrons. The summed E-state index contributed by atoms with van der Waals surface area (Å²) in [4.78, 5) is 12.2. The van der Waals surface area contributed by atoms with Crippen LogP contribution in [0.2, 0.25) is 0 Å². The van der Waals surface area contributed by atoms with Gasteiger partial charge in [-0.15, -0.1) is 5.10 Å². The van der Waals surface area contributed by atoms with Gasteiger partial charge in [-0.25, -0.2) is 9.07 Å². The molecule has 1 aromatic heterocycles. The number of tetrazole rings is 1. The molecule has 1 heterocycles. The van der Waals surface area contributed by atoms with Gasteiger partial charge in [0.2, 0.25) is 5.91 Å². The lowest BCUT2D eigenvalue weighted by Crippen LogP contribution is -2.10. The number of amides is 1. The van der Waals surface area contributed by atoms with E-state index in [1.807, 2.05) is 31.2 Å². The molecule has 3 aromatic rings. The molecule has 0 unspecified atom stereocenters. The molecular weight excluding hydrogens is 337 g/mol. The average molecular weight is 353 g/mol. The monoisotopic (exact) mass is 353 g/mol. The van der Waals surface area contributed by atoms with E-state index < -0.39 is 11.7 Å². The zero-order valence-electron chi connectivity index (χ0n) is 14.0. The number of ether oxygens (including phenoxy) is 1. The molecule has 3 rings (SSSR count). The number of halogens is 1. The van der Waals surface area contributed by atoms with Crippen molar-refractivity contribution in [3.05, 3.63) is 66.2 Å². The zero-order chi connectivity index (χ0) is 18.4. The molecule has 8 heteroatoms. The summed E-state index contributed by atoms with van der Waals surface area (Å²) < 4.78 is 20.8. The zero-order valence-corrected chi connectivity index (χ0v) is 14.0. The summed E-state index contributed by atoms with van der Waals surface area (Å²) in [7, 11) is 0. The van der Waals surface area contributed by atoms with Crippen LogP contribution < -0.4 is 10.1 Å². The summed E-state index contributed by atoms with van der Waals surface area (Å²) in [5.41, 5.74) is 1.32. The van der Waals surface area contributed by atoms with Gasteiger partial charge in [0.15, 0.2) is 0 Å². The van der Waals surface area contributed by atoms with Crippen LogP contribution in [0.3, 0.4) is 0 Å². The maximum Gasteiger partial charge on any atom is 0.248 e. The summed E-state index contributed by atoms with van der Waals surface area (Å²) >= 11 is 0. The van der Waals surface area contributed by atoms with Crippen LogP contribution in [-0.4, -0.2) is 32.7 Å². The molecule has 2 aromatic carbocycles. The number of hydrogen-bond acceptors (Lipinski definition) is 5. The molecule has 0 fully saturated rings. The second kappa shape index (κ2) is 8.02. The second-order valence-electron chi connectivity index (χ2n) is 5.21. The lowest BCUT2D eigenvalue weighted by atomic mass is 10.2. The Labute approximate surface area is 149 Å². The number of nitrogens with zero attached hydrogens (tertiary/aromatic N) is 4. The Bertz CT molecular complexity index is 925. The SMILES string of the molecule is CCOc1ccccc1C=CC(=O)Nc1cc(-n2cnnn2)ccc1F. The van der Waals surface area contributed by atoms with Crippen LogP contribution in [0.25, 0.3) is 11.8 Å². The Balaban J connectivity index is 1.75. The van der Waals surface area contributed by atoms with Crippen molar-refractivity contribution in [3.8, 4) is 11.4 Å². The van der Waals surface area contributed by atoms with Gasteiger partial charge in [0.05, 0.1) is 18.0 Å². The van der Waals surface area contributed by atoms with Crippen molar-refractivity contribution >= 4 is 17.7 Å². The molecule has 0 radical (unpaired) electrons. The van der Waals surface area contributed by atoms with Crippen LogP contribution in [0.1, 0.15) is 12.5 Å². The van der Waals surface area contributed by atoms with Crippen LogP contribution in [0.5, 0.6) is 5.75 Å². The fraction of sp³-hybridized carbons (Fsp3) is 0.111. The van der Waals surface area contributed by atoms with Gasteiger partial charge in [0, 0.05) is 11.6 Å². The maximum atomic E-state index is 14.0. The van der Waals surface area contributed by atoms with E-state index in [9.17, 15) is 9.18 Å². The number of hydrogen-bond donors (Lipinski definition) is 1. The third-order valence-electron chi connectivity index (χ3n) is 3.45.